The van der Waals surface area contributed by atoms with Crippen molar-refractivity contribution >= 4 is 39.7 Å². The Bertz CT molecular complexity index is 410. The number of nitrogens with one attached hydrogen (secondary N) is 1. The van der Waals surface area contributed by atoms with Gasteiger partial charge in [0.2, 0.25) is 0 Å². The van der Waals surface area contributed by atoms with Crippen molar-refractivity contribution in [1.29, 1.82) is 5.26 Å². The standard InChI is InChI=1S/C10H16N2.C3H4N2S2/c1-4-11-9-5-7-10(8-6-9)12(2)3;4-1-2-7-3(5)6/h5-8,11H,4H2,1-3H3;2H2,(H2,5,6). The quantitative estimate of drug-likeness (QED) is 0.833. The van der Waals surface area contributed by atoms with E-state index in [1.807, 2.05) is 20.2 Å². The van der Waals surface area contributed by atoms with E-state index in [0.29, 0.717) is 10.1 Å². The van der Waals surface area contributed by atoms with E-state index in [1.165, 1.54) is 23.1 Å². The lowest BCUT2D eigenvalue weighted by atomic mass is 10.2. The van der Waals surface area contributed by atoms with Gasteiger partial charge in [-0.05, 0) is 31.2 Å². The molecule has 19 heavy (non-hydrogen) atoms. The summed E-state index contributed by atoms with van der Waals surface area (Å²) < 4.78 is 0.335. The summed E-state index contributed by atoms with van der Waals surface area (Å²) in [6, 6.07) is 10.3. The fourth-order valence-electron chi connectivity index (χ4n) is 1.18. The molecule has 6 heteroatoms. The molecule has 0 spiro atoms. The van der Waals surface area contributed by atoms with Crippen molar-refractivity contribution in [2.75, 3.05) is 36.6 Å². The number of nitrogens with two attached hydrogens (primary N) is 1. The predicted molar refractivity (Wildman–Crippen MR) is 89.8 cm³/mol. The van der Waals surface area contributed by atoms with E-state index in [0.717, 1.165) is 6.54 Å². The van der Waals surface area contributed by atoms with E-state index in [4.69, 9.17) is 11.0 Å². The van der Waals surface area contributed by atoms with Gasteiger partial charge in [-0.1, -0.05) is 24.0 Å². The van der Waals surface area contributed by atoms with Gasteiger partial charge in [-0.3, -0.25) is 0 Å². The van der Waals surface area contributed by atoms with E-state index in [9.17, 15) is 0 Å². The maximum atomic E-state index is 7.93. The number of benzene rings is 1. The van der Waals surface area contributed by atoms with E-state index in [1.54, 1.807) is 0 Å². The fourth-order valence-corrected chi connectivity index (χ4v) is 1.57. The second-order valence-corrected chi connectivity index (χ2v) is 5.45. The molecule has 0 radical (unpaired) electrons. The molecule has 0 atom stereocenters. The van der Waals surface area contributed by atoms with Crippen LogP contribution in [-0.2, 0) is 0 Å². The largest absolute Gasteiger partial charge is 0.385 e. The number of thioether (sulfide) groups is 1. The number of rotatable bonds is 4. The van der Waals surface area contributed by atoms with E-state index >= 15 is 0 Å². The van der Waals surface area contributed by atoms with Gasteiger partial charge in [0, 0.05) is 32.0 Å². The molecule has 0 aliphatic heterocycles. The molecule has 4 nitrogen and oxygen atoms in total. The molecule has 3 N–H and O–H groups in total. The van der Waals surface area contributed by atoms with E-state index < -0.39 is 0 Å². The fraction of sp³-hybridized carbons (Fsp3) is 0.385. The molecule has 104 valence electrons. The molecule has 0 unspecified atom stereocenters. The average molecular weight is 296 g/mol. The Morgan fingerprint density at radius 2 is 2.00 bits per heavy atom. The smallest absolute Gasteiger partial charge is 0.132 e. The Labute approximate surface area is 125 Å². The van der Waals surface area contributed by atoms with Crippen LogP contribution < -0.4 is 16.0 Å². The highest BCUT2D eigenvalue weighted by molar-refractivity contribution is 8.23. The minimum atomic E-state index is 0.335. The zero-order valence-electron chi connectivity index (χ0n) is 11.5. The van der Waals surface area contributed by atoms with Crippen molar-refractivity contribution in [3.63, 3.8) is 0 Å². The average Bonchev–Trinajstić information content (AvgIpc) is 2.38. The van der Waals surface area contributed by atoms with Crippen LogP contribution in [0.2, 0.25) is 0 Å². The third-order valence-electron chi connectivity index (χ3n) is 2.04. The summed E-state index contributed by atoms with van der Waals surface area (Å²) in [6.45, 7) is 3.07. The summed E-state index contributed by atoms with van der Waals surface area (Å²) in [5, 5.41) is 11.2. The van der Waals surface area contributed by atoms with Crippen molar-refractivity contribution in [1.82, 2.24) is 0 Å². The molecule has 0 bridgehead atoms. The maximum Gasteiger partial charge on any atom is 0.132 e. The minimum absolute atomic E-state index is 0.335. The summed E-state index contributed by atoms with van der Waals surface area (Å²) in [4.78, 5) is 2.09. The molecule has 0 saturated carbocycles. The second-order valence-electron chi connectivity index (χ2n) is 3.74. The Morgan fingerprint density at radius 3 is 2.32 bits per heavy atom. The normalized spacial score (nSPS) is 8.74. The topological polar surface area (TPSA) is 65.1 Å². The molecular weight excluding hydrogens is 276 g/mol. The van der Waals surface area contributed by atoms with Gasteiger partial charge in [-0.2, -0.15) is 5.26 Å². The Kier molecular flexibility index (Phi) is 9.67. The van der Waals surface area contributed by atoms with Crippen LogP contribution in [0.3, 0.4) is 0 Å². The summed E-state index contributed by atoms with van der Waals surface area (Å²) in [5.41, 5.74) is 7.44. The van der Waals surface area contributed by atoms with Crippen LogP contribution in [0.4, 0.5) is 11.4 Å². The molecule has 0 aromatic heterocycles. The Hall–Kier alpha value is -1.45. The molecule has 1 rings (SSSR count). The summed E-state index contributed by atoms with van der Waals surface area (Å²) in [7, 11) is 4.09. The lowest BCUT2D eigenvalue weighted by Gasteiger charge is -2.12. The van der Waals surface area contributed by atoms with Crippen molar-refractivity contribution in [3.8, 4) is 6.07 Å². The van der Waals surface area contributed by atoms with Gasteiger partial charge < -0.3 is 16.0 Å². The zero-order valence-corrected chi connectivity index (χ0v) is 13.1. The van der Waals surface area contributed by atoms with Crippen LogP contribution in [0.5, 0.6) is 0 Å². The van der Waals surface area contributed by atoms with Gasteiger partial charge in [0.05, 0.1) is 11.8 Å². The zero-order chi connectivity index (χ0) is 14.7. The SMILES string of the molecule is CCNc1ccc(N(C)C)cc1.N#CCSC(N)=S. The van der Waals surface area contributed by atoms with Crippen molar-refractivity contribution in [3.05, 3.63) is 24.3 Å². The van der Waals surface area contributed by atoms with Crippen LogP contribution >= 0.6 is 24.0 Å². The molecule has 0 saturated heterocycles. The second kappa shape index (κ2) is 10.5. The van der Waals surface area contributed by atoms with E-state index in [-0.39, 0.29) is 0 Å². The van der Waals surface area contributed by atoms with Crippen LogP contribution in [0, 0.1) is 11.3 Å². The highest BCUT2D eigenvalue weighted by atomic mass is 32.2. The molecule has 1 aromatic carbocycles. The summed E-state index contributed by atoms with van der Waals surface area (Å²) in [5.74, 6) is 0.356. The monoisotopic (exact) mass is 296 g/mol. The highest BCUT2D eigenvalue weighted by Crippen LogP contribution is 2.14. The first-order chi connectivity index (χ1) is 9.01. The Balaban J connectivity index is 0.000000399. The van der Waals surface area contributed by atoms with Gasteiger partial charge in [0.15, 0.2) is 0 Å². The number of nitrogens with zero attached hydrogens (tertiary/aromatic N) is 2. The highest BCUT2D eigenvalue weighted by Gasteiger charge is 1.93. The van der Waals surface area contributed by atoms with Gasteiger partial charge >= 0.3 is 0 Å². The van der Waals surface area contributed by atoms with Crippen molar-refractivity contribution in [2.24, 2.45) is 5.73 Å². The first-order valence-electron chi connectivity index (χ1n) is 5.81. The van der Waals surface area contributed by atoms with Crippen LogP contribution in [0.15, 0.2) is 24.3 Å². The minimum Gasteiger partial charge on any atom is -0.385 e. The van der Waals surface area contributed by atoms with Crippen LogP contribution in [0.25, 0.3) is 0 Å². The van der Waals surface area contributed by atoms with Crippen molar-refractivity contribution < 1.29 is 0 Å². The first kappa shape index (κ1) is 17.6. The third kappa shape index (κ3) is 9.17. The molecule has 0 amide bonds. The number of hydrogen-bond acceptors (Lipinski definition) is 5. The molecule has 1 aromatic rings. The molecule has 0 aliphatic rings. The van der Waals surface area contributed by atoms with Gasteiger partial charge in [-0.25, -0.2) is 0 Å². The van der Waals surface area contributed by atoms with E-state index in [2.05, 4.69) is 53.6 Å². The number of thiocarbonyl (C=S) groups is 1. The summed E-state index contributed by atoms with van der Waals surface area (Å²) >= 11 is 5.63. The summed E-state index contributed by atoms with van der Waals surface area (Å²) in [6.07, 6.45) is 0. The molecule has 0 fully saturated rings. The number of hydrogen-bond donors (Lipinski definition) is 2. The number of nitriles is 1. The van der Waals surface area contributed by atoms with Gasteiger partial charge in [-0.15, -0.1) is 0 Å². The number of anilines is 2. The van der Waals surface area contributed by atoms with Crippen LogP contribution in [-0.4, -0.2) is 30.7 Å². The van der Waals surface area contributed by atoms with Crippen LogP contribution in [0.1, 0.15) is 6.92 Å². The van der Waals surface area contributed by atoms with Gasteiger partial charge in [0.25, 0.3) is 0 Å². The molecular formula is C13H20N4S2. The Morgan fingerprint density at radius 1 is 1.42 bits per heavy atom. The lowest BCUT2D eigenvalue weighted by molar-refractivity contribution is 1.13. The maximum absolute atomic E-state index is 7.93. The van der Waals surface area contributed by atoms with Gasteiger partial charge in [0.1, 0.15) is 4.32 Å². The third-order valence-corrected chi connectivity index (χ3v) is 2.96. The van der Waals surface area contributed by atoms with Crippen molar-refractivity contribution in [2.45, 2.75) is 6.92 Å². The molecule has 0 aliphatic carbocycles. The predicted octanol–water partition coefficient (Wildman–Crippen LogP) is 2.67. The lowest BCUT2D eigenvalue weighted by Crippen LogP contribution is -2.08. The molecule has 0 heterocycles. The first-order valence-corrected chi connectivity index (χ1v) is 7.21.